The van der Waals surface area contributed by atoms with E-state index < -0.39 is 0 Å². The van der Waals surface area contributed by atoms with Gasteiger partial charge in [0.2, 0.25) is 11.8 Å². The van der Waals surface area contributed by atoms with E-state index in [2.05, 4.69) is 16.8 Å². The summed E-state index contributed by atoms with van der Waals surface area (Å²) >= 11 is 0. The summed E-state index contributed by atoms with van der Waals surface area (Å²) in [5.74, 6) is 6.07. The molecule has 0 saturated carbocycles. The van der Waals surface area contributed by atoms with E-state index in [1.165, 1.54) is 0 Å². The molecule has 1 N–H and O–H groups in total. The first-order valence-corrected chi connectivity index (χ1v) is 10.8. The van der Waals surface area contributed by atoms with E-state index in [4.69, 9.17) is 0 Å². The number of aliphatic hydroxyl groups excluding tert-OH is 1. The van der Waals surface area contributed by atoms with Gasteiger partial charge in [0.1, 0.15) is 0 Å². The van der Waals surface area contributed by atoms with Gasteiger partial charge in [0.15, 0.2) is 0 Å². The Kier molecular flexibility index (Phi) is 6.54. The van der Waals surface area contributed by atoms with E-state index in [1.54, 1.807) is 28.3 Å². The number of aliphatic hydroxyl groups is 1. The van der Waals surface area contributed by atoms with Crippen LogP contribution in [0.1, 0.15) is 22.6 Å². The maximum absolute atomic E-state index is 12.8. The minimum atomic E-state index is -0.256. The first-order valence-electron chi connectivity index (χ1n) is 10.8. The van der Waals surface area contributed by atoms with Crippen molar-refractivity contribution in [3.05, 3.63) is 65.5 Å². The Morgan fingerprint density at radius 1 is 1.25 bits per heavy atom. The molecule has 0 aliphatic carbocycles. The normalized spacial score (nSPS) is 22.1. The van der Waals surface area contributed by atoms with Crippen LogP contribution in [-0.2, 0) is 16.0 Å². The first kappa shape index (κ1) is 22.0. The van der Waals surface area contributed by atoms with Crippen molar-refractivity contribution >= 4 is 11.8 Å². The number of pyridine rings is 1. The SMILES string of the molecule is CN(C)CC#Cc1ccc([C@H]2[C@@H](CO)N3C(=O)CN(C(=O)Cc4cccnc4)C[C@H]23)cc1. The Morgan fingerprint density at radius 2 is 2.03 bits per heavy atom. The van der Waals surface area contributed by atoms with Gasteiger partial charge in [-0.15, -0.1) is 0 Å². The van der Waals surface area contributed by atoms with Gasteiger partial charge in [-0.05, 0) is 43.4 Å². The molecule has 2 aliphatic heterocycles. The zero-order valence-electron chi connectivity index (χ0n) is 18.4. The Bertz CT molecular complexity index is 1030. The van der Waals surface area contributed by atoms with Crippen LogP contribution in [0, 0.1) is 11.8 Å². The maximum Gasteiger partial charge on any atom is 0.242 e. The molecular formula is C25H28N4O3. The topological polar surface area (TPSA) is 77.0 Å². The van der Waals surface area contributed by atoms with E-state index in [-0.39, 0.29) is 49.4 Å². The van der Waals surface area contributed by atoms with Crippen LogP contribution >= 0.6 is 0 Å². The molecule has 7 nitrogen and oxygen atoms in total. The van der Waals surface area contributed by atoms with Gasteiger partial charge in [-0.25, -0.2) is 0 Å². The molecule has 2 fully saturated rings. The van der Waals surface area contributed by atoms with Gasteiger partial charge in [0.25, 0.3) is 0 Å². The zero-order chi connectivity index (χ0) is 22.7. The highest BCUT2D eigenvalue weighted by Gasteiger charge is 2.54. The molecule has 1 aromatic heterocycles. The van der Waals surface area contributed by atoms with Crippen LogP contribution in [0.25, 0.3) is 0 Å². The molecule has 2 amide bonds. The second-order valence-electron chi connectivity index (χ2n) is 8.62. The smallest absolute Gasteiger partial charge is 0.242 e. The van der Waals surface area contributed by atoms with Crippen LogP contribution in [0.3, 0.4) is 0 Å². The summed E-state index contributed by atoms with van der Waals surface area (Å²) in [7, 11) is 3.96. The number of fused-ring (bicyclic) bond motifs is 1. The van der Waals surface area contributed by atoms with Gasteiger partial charge in [-0.1, -0.05) is 30.0 Å². The monoisotopic (exact) mass is 432 g/mol. The van der Waals surface area contributed by atoms with Crippen molar-refractivity contribution in [3.8, 4) is 11.8 Å². The number of rotatable bonds is 5. The number of amides is 2. The maximum atomic E-state index is 12.8. The predicted molar refractivity (Wildman–Crippen MR) is 121 cm³/mol. The molecule has 32 heavy (non-hydrogen) atoms. The van der Waals surface area contributed by atoms with Gasteiger partial charge in [-0.2, -0.15) is 0 Å². The second-order valence-corrected chi connectivity index (χ2v) is 8.62. The van der Waals surface area contributed by atoms with Crippen molar-refractivity contribution in [2.24, 2.45) is 0 Å². The molecule has 3 heterocycles. The van der Waals surface area contributed by atoms with E-state index in [0.717, 1.165) is 16.7 Å². The van der Waals surface area contributed by atoms with E-state index in [0.29, 0.717) is 13.1 Å². The van der Waals surface area contributed by atoms with Crippen molar-refractivity contribution in [1.29, 1.82) is 0 Å². The van der Waals surface area contributed by atoms with Gasteiger partial charge >= 0.3 is 0 Å². The third kappa shape index (κ3) is 4.52. The van der Waals surface area contributed by atoms with Crippen molar-refractivity contribution in [1.82, 2.24) is 19.7 Å². The average molecular weight is 433 g/mol. The van der Waals surface area contributed by atoms with Gasteiger partial charge in [-0.3, -0.25) is 19.5 Å². The van der Waals surface area contributed by atoms with Crippen molar-refractivity contribution in [3.63, 3.8) is 0 Å². The first-order chi connectivity index (χ1) is 15.5. The summed E-state index contributed by atoms with van der Waals surface area (Å²) in [6, 6.07) is 11.3. The fourth-order valence-electron chi connectivity index (χ4n) is 4.57. The van der Waals surface area contributed by atoms with Crippen LogP contribution in [0.5, 0.6) is 0 Å². The quantitative estimate of drug-likeness (QED) is 0.705. The summed E-state index contributed by atoms with van der Waals surface area (Å²) in [4.78, 5) is 35.1. The number of carbonyl (C=O) groups excluding carboxylic acids is 2. The summed E-state index contributed by atoms with van der Waals surface area (Å²) in [6.07, 6.45) is 3.57. The lowest BCUT2D eigenvalue weighted by atomic mass is 9.73. The summed E-state index contributed by atoms with van der Waals surface area (Å²) in [6.45, 7) is 1.12. The van der Waals surface area contributed by atoms with Crippen LogP contribution in [-0.4, -0.2) is 89.0 Å². The summed E-state index contributed by atoms with van der Waals surface area (Å²) in [5.41, 5.74) is 2.81. The molecular weight excluding hydrogens is 404 g/mol. The molecule has 2 saturated heterocycles. The highest BCUT2D eigenvalue weighted by atomic mass is 16.3. The summed E-state index contributed by atoms with van der Waals surface area (Å²) < 4.78 is 0. The van der Waals surface area contributed by atoms with Crippen molar-refractivity contribution in [2.75, 3.05) is 40.3 Å². The number of hydrogen-bond acceptors (Lipinski definition) is 5. The van der Waals surface area contributed by atoms with Crippen LogP contribution in [0.15, 0.2) is 48.8 Å². The highest BCUT2D eigenvalue weighted by Crippen LogP contribution is 2.42. The Hall–Kier alpha value is -3.21. The molecule has 0 spiro atoms. The standard InChI is InChI=1S/C25H28N4O3/c1-27(2)12-4-6-18-7-9-20(10-8-18)25-21-15-28(16-24(32)29(21)22(25)17-30)23(31)13-19-5-3-11-26-14-19/h3,5,7-11,14,21-22,25,30H,12-13,15-17H2,1-2H3/t21-,22-,25-/m1/s1. The molecule has 2 aromatic rings. The van der Waals surface area contributed by atoms with Crippen molar-refractivity contribution in [2.45, 2.75) is 24.4 Å². The number of benzene rings is 1. The Labute approximate surface area is 188 Å². The van der Waals surface area contributed by atoms with Crippen LogP contribution in [0.4, 0.5) is 0 Å². The largest absolute Gasteiger partial charge is 0.394 e. The molecule has 4 rings (SSSR count). The lowest BCUT2D eigenvalue weighted by molar-refractivity contribution is -0.166. The highest BCUT2D eigenvalue weighted by molar-refractivity contribution is 5.88. The molecule has 0 radical (unpaired) electrons. The molecule has 0 bridgehead atoms. The zero-order valence-corrected chi connectivity index (χ0v) is 18.4. The lowest BCUT2D eigenvalue weighted by Crippen LogP contribution is -2.73. The minimum absolute atomic E-state index is 0.0123. The van der Waals surface area contributed by atoms with Gasteiger partial charge < -0.3 is 14.9 Å². The lowest BCUT2D eigenvalue weighted by Gasteiger charge is -2.58. The summed E-state index contributed by atoms with van der Waals surface area (Å²) in [5, 5.41) is 9.96. The van der Waals surface area contributed by atoms with Crippen LogP contribution < -0.4 is 0 Å². The number of aromatic nitrogens is 1. The van der Waals surface area contributed by atoms with Crippen molar-refractivity contribution < 1.29 is 14.7 Å². The average Bonchev–Trinajstić information content (AvgIpc) is 2.76. The predicted octanol–water partition coefficient (Wildman–Crippen LogP) is 0.735. The molecule has 1 aromatic carbocycles. The second kappa shape index (κ2) is 9.51. The fourth-order valence-corrected chi connectivity index (χ4v) is 4.57. The fraction of sp³-hybridized carbons (Fsp3) is 0.400. The molecule has 0 unspecified atom stereocenters. The minimum Gasteiger partial charge on any atom is -0.394 e. The number of hydrogen-bond donors (Lipinski definition) is 1. The van der Waals surface area contributed by atoms with Gasteiger partial charge in [0.05, 0.1) is 38.2 Å². The van der Waals surface area contributed by atoms with E-state index in [1.807, 2.05) is 49.3 Å². The Balaban J connectivity index is 1.48. The number of piperazine rings is 1. The Morgan fingerprint density at radius 3 is 2.69 bits per heavy atom. The van der Waals surface area contributed by atoms with Crippen LogP contribution in [0.2, 0.25) is 0 Å². The number of nitrogens with zero attached hydrogens (tertiary/aromatic N) is 4. The molecule has 3 atom stereocenters. The number of carbonyl (C=O) groups is 2. The van der Waals surface area contributed by atoms with E-state index in [9.17, 15) is 14.7 Å². The van der Waals surface area contributed by atoms with Gasteiger partial charge in [0, 0.05) is 30.4 Å². The third-order valence-electron chi connectivity index (χ3n) is 6.11. The molecule has 2 aliphatic rings. The third-order valence-corrected chi connectivity index (χ3v) is 6.11. The van der Waals surface area contributed by atoms with E-state index >= 15 is 0 Å². The molecule has 7 heteroatoms. The molecule has 166 valence electrons.